The monoisotopic (exact) mass is 349 g/mol. The predicted molar refractivity (Wildman–Crippen MR) is 85.6 cm³/mol. The summed E-state index contributed by atoms with van der Waals surface area (Å²) in [7, 11) is 1.59. The fourth-order valence-corrected chi connectivity index (χ4v) is 5.20. The second-order valence-corrected chi connectivity index (χ2v) is 9.72. The zero-order chi connectivity index (χ0) is 15.8. The maximum absolute atomic E-state index is 12.5. The largest absolute Gasteiger partial charge is 0.338 e. The number of thiophene rings is 1. The normalized spacial score (nSPS) is 18.8. The SMILES string of the molecule is CCC1(C)CCN(C(=O)c2cc(S(=O)(=O)Cl)c(C)s2)CC1. The van der Waals surface area contributed by atoms with Crippen molar-refractivity contribution in [3.63, 3.8) is 0 Å². The molecule has 21 heavy (non-hydrogen) atoms. The van der Waals surface area contributed by atoms with Gasteiger partial charge in [0.15, 0.2) is 0 Å². The fraction of sp³-hybridized carbons (Fsp3) is 0.643. The van der Waals surface area contributed by atoms with Gasteiger partial charge in [-0.2, -0.15) is 0 Å². The predicted octanol–water partition coefficient (Wildman–Crippen LogP) is 3.64. The zero-order valence-corrected chi connectivity index (χ0v) is 14.9. The first-order valence-electron chi connectivity index (χ1n) is 7.01. The van der Waals surface area contributed by atoms with Crippen LogP contribution in [0.15, 0.2) is 11.0 Å². The van der Waals surface area contributed by atoms with Gasteiger partial charge in [-0.05, 0) is 31.2 Å². The van der Waals surface area contributed by atoms with Crippen LogP contribution < -0.4 is 0 Å². The third kappa shape index (κ3) is 3.60. The number of nitrogens with zero attached hydrogens (tertiary/aromatic N) is 1. The van der Waals surface area contributed by atoms with Crippen LogP contribution in [0.5, 0.6) is 0 Å². The van der Waals surface area contributed by atoms with Crippen LogP contribution in [-0.2, 0) is 9.05 Å². The van der Waals surface area contributed by atoms with E-state index in [0.717, 1.165) is 32.4 Å². The van der Waals surface area contributed by atoms with Gasteiger partial charge in [0, 0.05) is 28.6 Å². The smallest absolute Gasteiger partial charge is 0.263 e. The molecule has 2 rings (SSSR count). The molecule has 0 spiro atoms. The quantitative estimate of drug-likeness (QED) is 0.783. The van der Waals surface area contributed by atoms with E-state index in [0.29, 0.717) is 15.2 Å². The molecule has 7 heteroatoms. The third-order valence-corrected chi connectivity index (χ3v) is 7.07. The lowest BCUT2D eigenvalue weighted by atomic mass is 9.78. The second-order valence-electron chi connectivity index (χ2n) is 5.93. The van der Waals surface area contributed by atoms with Crippen molar-refractivity contribution in [2.75, 3.05) is 13.1 Å². The van der Waals surface area contributed by atoms with Crippen molar-refractivity contribution in [3.8, 4) is 0 Å². The highest BCUT2D eigenvalue weighted by atomic mass is 35.7. The molecule has 0 radical (unpaired) electrons. The van der Waals surface area contributed by atoms with Crippen molar-refractivity contribution in [2.45, 2.75) is 44.9 Å². The van der Waals surface area contributed by atoms with E-state index in [1.165, 1.54) is 17.4 Å². The van der Waals surface area contributed by atoms with E-state index in [1.807, 2.05) is 4.90 Å². The molecule has 1 aromatic rings. The molecule has 0 N–H and O–H groups in total. The van der Waals surface area contributed by atoms with Crippen molar-refractivity contribution in [2.24, 2.45) is 5.41 Å². The highest BCUT2D eigenvalue weighted by Gasteiger charge is 2.31. The number of aryl methyl sites for hydroxylation is 1. The molecule has 1 saturated heterocycles. The van der Waals surface area contributed by atoms with Crippen LogP contribution in [0.25, 0.3) is 0 Å². The molecule has 4 nitrogen and oxygen atoms in total. The summed E-state index contributed by atoms with van der Waals surface area (Å²) in [5.41, 5.74) is 0.312. The minimum absolute atomic E-state index is 0.0490. The minimum atomic E-state index is -3.79. The number of carbonyl (C=O) groups is 1. The molecule has 0 atom stereocenters. The molecule has 1 fully saturated rings. The standard InChI is InChI=1S/C14H20ClNO3S2/c1-4-14(3)5-7-16(8-6-14)13(17)11-9-12(10(2)20-11)21(15,18)19/h9H,4-8H2,1-3H3. The van der Waals surface area contributed by atoms with E-state index in [4.69, 9.17) is 10.7 Å². The second kappa shape index (κ2) is 5.89. The first kappa shape index (κ1) is 16.8. The molecule has 0 aliphatic carbocycles. The van der Waals surface area contributed by atoms with Crippen molar-refractivity contribution in [3.05, 3.63) is 15.8 Å². The summed E-state index contributed by atoms with van der Waals surface area (Å²) in [5.74, 6) is -0.0900. The number of hydrogen-bond donors (Lipinski definition) is 0. The van der Waals surface area contributed by atoms with Gasteiger partial charge in [0.2, 0.25) is 0 Å². The Morgan fingerprint density at radius 1 is 1.43 bits per heavy atom. The average Bonchev–Trinajstić information content (AvgIpc) is 2.81. The minimum Gasteiger partial charge on any atom is -0.338 e. The van der Waals surface area contributed by atoms with Gasteiger partial charge in [-0.3, -0.25) is 4.79 Å². The highest BCUT2D eigenvalue weighted by molar-refractivity contribution is 8.13. The van der Waals surface area contributed by atoms with Gasteiger partial charge in [0.05, 0.1) is 9.77 Å². The van der Waals surface area contributed by atoms with Crippen LogP contribution >= 0.6 is 22.0 Å². The van der Waals surface area contributed by atoms with Crippen molar-refractivity contribution < 1.29 is 13.2 Å². The van der Waals surface area contributed by atoms with Crippen LogP contribution in [0.1, 0.15) is 47.7 Å². The Bertz CT molecular complexity index is 643. The number of rotatable bonds is 3. The lowest BCUT2D eigenvalue weighted by molar-refractivity contribution is 0.0605. The van der Waals surface area contributed by atoms with Crippen LogP contribution in [0.3, 0.4) is 0 Å². The molecule has 0 bridgehead atoms. The lowest BCUT2D eigenvalue weighted by Crippen LogP contribution is -2.41. The molecule has 1 amide bonds. The van der Waals surface area contributed by atoms with Crippen LogP contribution in [0.4, 0.5) is 0 Å². The van der Waals surface area contributed by atoms with Gasteiger partial charge in [-0.15, -0.1) is 11.3 Å². The summed E-state index contributed by atoms with van der Waals surface area (Å²) in [6.45, 7) is 7.55. The van der Waals surface area contributed by atoms with E-state index < -0.39 is 9.05 Å². The molecular formula is C14H20ClNO3S2. The number of piperidine rings is 1. The molecule has 0 saturated carbocycles. The number of carbonyl (C=O) groups excluding carboxylic acids is 1. The molecule has 0 unspecified atom stereocenters. The van der Waals surface area contributed by atoms with Crippen molar-refractivity contribution >= 4 is 37.0 Å². The molecule has 2 heterocycles. The van der Waals surface area contributed by atoms with E-state index >= 15 is 0 Å². The molecule has 1 aliphatic rings. The maximum atomic E-state index is 12.5. The van der Waals surface area contributed by atoms with Crippen molar-refractivity contribution in [1.82, 2.24) is 4.90 Å². The summed E-state index contributed by atoms with van der Waals surface area (Å²) < 4.78 is 22.9. The lowest BCUT2D eigenvalue weighted by Gasteiger charge is -2.38. The first-order chi connectivity index (χ1) is 9.66. The third-order valence-electron chi connectivity index (χ3n) is 4.46. The van der Waals surface area contributed by atoms with E-state index in [2.05, 4.69) is 13.8 Å². The maximum Gasteiger partial charge on any atom is 0.263 e. The summed E-state index contributed by atoms with van der Waals surface area (Å²) in [4.78, 5) is 15.4. The Morgan fingerprint density at radius 2 is 2.00 bits per heavy atom. The van der Waals surface area contributed by atoms with Gasteiger partial charge < -0.3 is 4.90 Å². The van der Waals surface area contributed by atoms with Gasteiger partial charge in [-0.25, -0.2) is 8.42 Å². The molecular weight excluding hydrogens is 330 g/mol. The first-order valence-corrected chi connectivity index (χ1v) is 10.1. The van der Waals surface area contributed by atoms with E-state index in [1.54, 1.807) is 6.92 Å². The Hall–Kier alpha value is -0.590. The van der Waals surface area contributed by atoms with E-state index in [9.17, 15) is 13.2 Å². The van der Waals surface area contributed by atoms with Crippen LogP contribution in [0.2, 0.25) is 0 Å². The Labute approximate surface area is 134 Å². The van der Waals surface area contributed by atoms with Gasteiger partial charge >= 0.3 is 0 Å². The van der Waals surface area contributed by atoms with Crippen LogP contribution in [-0.4, -0.2) is 32.3 Å². The fourth-order valence-electron chi connectivity index (χ4n) is 2.57. The molecule has 118 valence electrons. The zero-order valence-electron chi connectivity index (χ0n) is 12.5. The van der Waals surface area contributed by atoms with Crippen LogP contribution in [0, 0.1) is 12.3 Å². The number of amides is 1. The number of hydrogen-bond acceptors (Lipinski definition) is 4. The van der Waals surface area contributed by atoms with Gasteiger partial charge in [0.25, 0.3) is 15.0 Å². The number of likely N-dealkylation sites (tertiary alicyclic amines) is 1. The molecule has 0 aromatic carbocycles. The summed E-state index contributed by atoms with van der Waals surface area (Å²) in [5, 5.41) is 0. The summed E-state index contributed by atoms with van der Waals surface area (Å²) in [6, 6.07) is 1.40. The van der Waals surface area contributed by atoms with Gasteiger partial charge in [0.1, 0.15) is 0 Å². The van der Waals surface area contributed by atoms with Gasteiger partial charge in [-0.1, -0.05) is 20.3 Å². The summed E-state index contributed by atoms with van der Waals surface area (Å²) >= 11 is 1.19. The van der Waals surface area contributed by atoms with Crippen molar-refractivity contribution in [1.29, 1.82) is 0 Å². The Morgan fingerprint density at radius 3 is 2.43 bits per heavy atom. The average molecular weight is 350 g/mol. The topological polar surface area (TPSA) is 54.5 Å². The molecule has 1 aromatic heterocycles. The van der Waals surface area contributed by atoms with E-state index in [-0.39, 0.29) is 10.8 Å². The molecule has 1 aliphatic heterocycles. The Balaban J connectivity index is 2.16. The Kier molecular flexibility index (Phi) is 4.71. The highest BCUT2D eigenvalue weighted by Crippen LogP contribution is 2.35. The summed E-state index contributed by atoms with van der Waals surface area (Å²) in [6.07, 6.45) is 3.09. The number of halogens is 1.